The van der Waals surface area contributed by atoms with Gasteiger partial charge in [-0.25, -0.2) is 5.06 Å². The highest BCUT2D eigenvalue weighted by atomic mass is 35.5. The normalized spacial score (nSPS) is 14.8. The van der Waals surface area contributed by atoms with E-state index in [0.29, 0.717) is 5.02 Å². The maximum Gasteiger partial charge on any atom is 0.0901 e. The Hall–Kier alpha value is -1.59. The number of aryl methyl sites for hydroxylation is 1. The highest BCUT2D eigenvalue weighted by Crippen LogP contribution is 2.38. The lowest BCUT2D eigenvalue weighted by Crippen LogP contribution is -2.38. The van der Waals surface area contributed by atoms with Crippen LogP contribution in [0.25, 0.3) is 0 Å². The van der Waals surface area contributed by atoms with Crippen molar-refractivity contribution in [1.82, 2.24) is 10.4 Å². The zero-order valence-corrected chi connectivity index (χ0v) is 14.3. The highest BCUT2D eigenvalue weighted by Gasteiger charge is 2.26. The van der Waals surface area contributed by atoms with E-state index in [1.54, 1.807) is 0 Å². The van der Waals surface area contributed by atoms with Gasteiger partial charge in [-0.3, -0.25) is 0 Å². The van der Waals surface area contributed by atoms with Gasteiger partial charge in [-0.2, -0.15) is 10.0 Å². The van der Waals surface area contributed by atoms with Crippen molar-refractivity contribution in [3.63, 3.8) is 0 Å². The average Bonchev–Trinajstić information content (AvgIpc) is 2.54. The Balaban J connectivity index is 1.92. The van der Waals surface area contributed by atoms with Crippen molar-refractivity contribution < 1.29 is 4.94 Å². The second-order valence-corrected chi connectivity index (χ2v) is 6.19. The van der Waals surface area contributed by atoms with Gasteiger partial charge in [-0.05, 0) is 50.7 Å². The SMILES string of the molecule is CNCCCN1Cc2cc(C)ccc2N(c2ccccc2Cl)O1. The molecule has 0 unspecified atom stereocenters. The molecule has 1 aliphatic heterocycles. The quantitative estimate of drug-likeness (QED) is 0.836. The number of fused-ring (bicyclic) bond motifs is 1. The molecule has 5 heteroatoms. The molecule has 0 saturated heterocycles. The monoisotopic (exact) mass is 331 g/mol. The van der Waals surface area contributed by atoms with Crippen LogP contribution in [0.15, 0.2) is 42.5 Å². The van der Waals surface area contributed by atoms with Crippen molar-refractivity contribution in [2.75, 3.05) is 25.2 Å². The van der Waals surface area contributed by atoms with Gasteiger partial charge in [0.25, 0.3) is 0 Å². The zero-order valence-electron chi connectivity index (χ0n) is 13.6. The summed E-state index contributed by atoms with van der Waals surface area (Å²) in [5, 5.41) is 7.67. The van der Waals surface area contributed by atoms with Crippen LogP contribution in [0.1, 0.15) is 17.5 Å². The molecule has 0 aromatic heterocycles. The molecule has 1 aliphatic rings. The van der Waals surface area contributed by atoms with E-state index >= 15 is 0 Å². The zero-order chi connectivity index (χ0) is 16.2. The predicted octanol–water partition coefficient (Wildman–Crippen LogP) is 4.06. The van der Waals surface area contributed by atoms with Crippen molar-refractivity contribution in [1.29, 1.82) is 0 Å². The fraction of sp³-hybridized carbons (Fsp3) is 0.333. The number of halogens is 1. The van der Waals surface area contributed by atoms with Crippen molar-refractivity contribution in [2.24, 2.45) is 0 Å². The van der Waals surface area contributed by atoms with E-state index in [1.807, 2.05) is 41.4 Å². The maximum atomic E-state index is 6.38. The number of rotatable bonds is 5. The molecule has 3 rings (SSSR count). The minimum Gasteiger partial charge on any atom is -0.320 e. The first kappa shape index (κ1) is 16.3. The first-order chi connectivity index (χ1) is 11.2. The summed E-state index contributed by atoms with van der Waals surface area (Å²) in [7, 11) is 1.96. The first-order valence-electron chi connectivity index (χ1n) is 7.91. The molecule has 0 spiro atoms. The summed E-state index contributed by atoms with van der Waals surface area (Å²) >= 11 is 6.38. The molecule has 1 heterocycles. The number of para-hydroxylation sites is 1. The first-order valence-corrected chi connectivity index (χ1v) is 8.28. The molecule has 0 saturated carbocycles. The van der Waals surface area contributed by atoms with Crippen molar-refractivity contribution in [3.8, 4) is 0 Å². The van der Waals surface area contributed by atoms with Crippen LogP contribution in [0.3, 0.4) is 0 Å². The van der Waals surface area contributed by atoms with Gasteiger partial charge in [-0.15, -0.1) is 0 Å². The van der Waals surface area contributed by atoms with Crippen LogP contribution in [-0.4, -0.2) is 25.2 Å². The van der Waals surface area contributed by atoms with E-state index in [-0.39, 0.29) is 0 Å². The van der Waals surface area contributed by atoms with E-state index in [2.05, 4.69) is 30.4 Å². The summed E-state index contributed by atoms with van der Waals surface area (Å²) < 4.78 is 0. The number of nitrogens with zero attached hydrogens (tertiary/aromatic N) is 2. The molecule has 4 nitrogen and oxygen atoms in total. The Bertz CT molecular complexity index is 677. The number of hydrogen-bond donors (Lipinski definition) is 1. The topological polar surface area (TPSA) is 27.7 Å². The highest BCUT2D eigenvalue weighted by molar-refractivity contribution is 6.33. The van der Waals surface area contributed by atoms with Gasteiger partial charge in [0, 0.05) is 6.54 Å². The summed E-state index contributed by atoms with van der Waals surface area (Å²) in [5.41, 5.74) is 4.41. The number of benzene rings is 2. The maximum absolute atomic E-state index is 6.38. The Morgan fingerprint density at radius 1 is 1.17 bits per heavy atom. The molecule has 2 aromatic carbocycles. The molecule has 0 bridgehead atoms. The summed E-state index contributed by atoms with van der Waals surface area (Å²) in [4.78, 5) is 6.12. The van der Waals surface area contributed by atoms with Gasteiger partial charge in [0.15, 0.2) is 0 Å². The lowest BCUT2D eigenvalue weighted by atomic mass is 10.1. The molecule has 0 fully saturated rings. The van der Waals surface area contributed by atoms with Gasteiger partial charge in [0.1, 0.15) is 0 Å². The standard InChI is InChI=1S/C18H22ClN3O/c1-14-8-9-17-15(12-14)13-21(11-5-10-20-2)23-22(17)18-7-4-3-6-16(18)19/h3-4,6-9,12,20H,5,10-11,13H2,1-2H3. The molecule has 0 aliphatic carbocycles. The van der Waals surface area contributed by atoms with E-state index in [0.717, 1.165) is 37.4 Å². The van der Waals surface area contributed by atoms with Crippen LogP contribution >= 0.6 is 11.6 Å². The van der Waals surface area contributed by atoms with Crippen molar-refractivity contribution >= 4 is 23.0 Å². The predicted molar refractivity (Wildman–Crippen MR) is 94.8 cm³/mol. The largest absolute Gasteiger partial charge is 0.320 e. The molecular weight excluding hydrogens is 310 g/mol. The summed E-state index contributed by atoms with van der Waals surface area (Å²) in [6.45, 7) is 4.71. The van der Waals surface area contributed by atoms with Gasteiger partial charge in [0.2, 0.25) is 0 Å². The van der Waals surface area contributed by atoms with E-state index in [9.17, 15) is 0 Å². The van der Waals surface area contributed by atoms with Gasteiger partial charge < -0.3 is 5.32 Å². The second kappa shape index (κ2) is 7.32. The molecule has 0 radical (unpaired) electrons. The van der Waals surface area contributed by atoms with Crippen LogP contribution in [0.5, 0.6) is 0 Å². The van der Waals surface area contributed by atoms with E-state index < -0.39 is 0 Å². The Kier molecular flexibility index (Phi) is 5.18. The number of hydroxylamine groups is 2. The lowest BCUT2D eigenvalue weighted by Gasteiger charge is -2.37. The molecule has 0 atom stereocenters. The van der Waals surface area contributed by atoms with Gasteiger partial charge >= 0.3 is 0 Å². The fourth-order valence-corrected chi connectivity index (χ4v) is 2.97. The molecule has 122 valence electrons. The van der Waals surface area contributed by atoms with E-state index in [4.69, 9.17) is 16.5 Å². The molecule has 2 aromatic rings. The molecule has 1 N–H and O–H groups in total. The second-order valence-electron chi connectivity index (χ2n) is 5.78. The van der Waals surface area contributed by atoms with E-state index in [1.165, 1.54) is 11.1 Å². The van der Waals surface area contributed by atoms with Crippen molar-refractivity contribution in [2.45, 2.75) is 19.9 Å². The molecule has 0 amide bonds. The summed E-state index contributed by atoms with van der Waals surface area (Å²) in [6, 6.07) is 14.2. The van der Waals surface area contributed by atoms with Crippen LogP contribution in [0, 0.1) is 6.92 Å². The van der Waals surface area contributed by atoms with Crippen LogP contribution in [-0.2, 0) is 11.5 Å². The number of hydrogen-bond acceptors (Lipinski definition) is 4. The van der Waals surface area contributed by atoms with Gasteiger partial charge in [0.05, 0.1) is 22.9 Å². The minimum atomic E-state index is 0.677. The van der Waals surface area contributed by atoms with Gasteiger partial charge in [-0.1, -0.05) is 41.4 Å². The average molecular weight is 332 g/mol. The molecular formula is C18H22ClN3O. The lowest BCUT2D eigenvalue weighted by molar-refractivity contribution is -0.176. The van der Waals surface area contributed by atoms with Crippen LogP contribution in [0.2, 0.25) is 5.02 Å². The Morgan fingerprint density at radius 3 is 2.78 bits per heavy atom. The number of nitrogens with one attached hydrogen (secondary N) is 1. The van der Waals surface area contributed by atoms with Crippen LogP contribution < -0.4 is 10.4 Å². The van der Waals surface area contributed by atoms with Crippen LogP contribution in [0.4, 0.5) is 11.4 Å². The number of anilines is 2. The fourth-order valence-electron chi connectivity index (χ4n) is 2.76. The Morgan fingerprint density at radius 2 is 2.00 bits per heavy atom. The minimum absolute atomic E-state index is 0.677. The molecule has 23 heavy (non-hydrogen) atoms. The Labute approximate surface area is 142 Å². The summed E-state index contributed by atoms with van der Waals surface area (Å²) in [5.74, 6) is 0. The third kappa shape index (κ3) is 3.67. The smallest absolute Gasteiger partial charge is 0.0901 e. The third-order valence-electron chi connectivity index (χ3n) is 3.90. The summed E-state index contributed by atoms with van der Waals surface area (Å²) in [6.07, 6.45) is 1.02. The van der Waals surface area contributed by atoms with Crippen molar-refractivity contribution in [3.05, 3.63) is 58.6 Å². The third-order valence-corrected chi connectivity index (χ3v) is 4.22.